The van der Waals surface area contributed by atoms with Crippen LogP contribution in [0.25, 0.3) is 0 Å². The van der Waals surface area contributed by atoms with Crippen molar-refractivity contribution >= 4 is 38.7 Å². The third kappa shape index (κ3) is 9.93. The van der Waals surface area contributed by atoms with Gasteiger partial charge in [-0.2, -0.15) is 4.21 Å². The van der Waals surface area contributed by atoms with E-state index in [-0.39, 0.29) is 43.3 Å². The largest absolute Gasteiger partial charge is 0 e. The first-order chi connectivity index (χ1) is 1.00. The van der Waals surface area contributed by atoms with E-state index in [4.69, 9.17) is 4.21 Å². The summed E-state index contributed by atoms with van der Waals surface area (Å²) in [6.07, 6.45) is 0. The predicted molar refractivity (Wildman–Crippen MR) is 18.1 cm³/mol. The van der Waals surface area contributed by atoms with E-state index in [0.29, 0.717) is 0 Å². The van der Waals surface area contributed by atoms with Crippen molar-refractivity contribution in [1.82, 2.24) is 0 Å². The molecule has 0 aliphatic heterocycles. The van der Waals surface area contributed by atoms with E-state index in [2.05, 4.69) is 12.5 Å². The Bertz CT molecular complexity index is 8.00. The first-order valence-electron chi connectivity index (χ1n) is 0.167. The van der Waals surface area contributed by atoms with Gasteiger partial charge in [0.15, 0.2) is 12.5 Å². The quantitative estimate of drug-likeness (QED) is 0.504. The maximum atomic E-state index is 7.83. The van der Waals surface area contributed by atoms with Gasteiger partial charge in [-0.3, -0.25) is 0 Å². The average molecular weight is 324 g/mol. The Hall–Kier alpha value is 1.42. The maximum Gasteiger partial charge on any atom is 0 e. The van der Waals surface area contributed by atoms with E-state index in [9.17, 15) is 0 Å². The molecule has 0 aromatic heterocycles. The van der Waals surface area contributed by atoms with Crippen LogP contribution in [0.2, 0.25) is 0 Å². The molecule has 0 spiro atoms. The summed E-state index contributed by atoms with van der Waals surface area (Å²) in [5, 5.41) is 0. The van der Waals surface area contributed by atoms with Crippen LogP contribution < -0.4 is 0 Å². The van der Waals surface area contributed by atoms with Crippen LogP contribution in [0.5, 0.6) is 0 Å². The molecule has 4 heteroatoms. The normalized spacial score (nSPS) is 1.00. The molecule has 0 bridgehead atoms. The van der Waals surface area contributed by atoms with Crippen LogP contribution in [0.3, 0.4) is 0 Å². The fourth-order valence-electron chi connectivity index (χ4n) is 0. The molecule has 31 valence electrons. The standard InChI is InChI=1S/Bi.Cu.OS.3H/c;;1-2;;;. The first kappa shape index (κ1) is 18.1. The van der Waals surface area contributed by atoms with Crippen molar-refractivity contribution in [1.29, 1.82) is 0 Å². The Balaban J connectivity index is -0.00000000500. The second kappa shape index (κ2) is 25.6. The molecule has 0 saturated carbocycles. The smallest absolute Gasteiger partial charge is 0 e. The van der Waals surface area contributed by atoms with E-state index >= 15 is 0 Å². The first-order valence-corrected chi connectivity index (χ1v) is 0.500. The van der Waals surface area contributed by atoms with Crippen molar-refractivity contribution < 1.29 is 21.3 Å². The molecule has 0 unspecified atom stereocenters. The molecule has 0 aromatic rings. The zero-order valence-electron chi connectivity index (χ0n) is 1.83. The molecule has 0 fully saturated rings. The SMILES string of the molecule is O=S.[BiH3].[Cu]. The van der Waals surface area contributed by atoms with Gasteiger partial charge in [0, 0.05) is 17.1 Å². The molecule has 0 aliphatic rings. The molecule has 0 N–H and O–H groups in total. The van der Waals surface area contributed by atoms with E-state index in [1.807, 2.05) is 0 Å². The minimum absolute atomic E-state index is 0. The van der Waals surface area contributed by atoms with Gasteiger partial charge in [-0.25, -0.2) is 0 Å². The van der Waals surface area contributed by atoms with Crippen molar-refractivity contribution in [3.63, 3.8) is 0 Å². The summed E-state index contributed by atoms with van der Waals surface area (Å²) in [5.74, 6) is 0. The minimum Gasteiger partial charge on any atom is 0 e. The van der Waals surface area contributed by atoms with Crippen molar-refractivity contribution in [2.24, 2.45) is 0 Å². The van der Waals surface area contributed by atoms with Gasteiger partial charge in [0.05, 0.1) is 0 Å². The van der Waals surface area contributed by atoms with Gasteiger partial charge in [0.1, 0.15) is 0 Å². The van der Waals surface area contributed by atoms with Crippen molar-refractivity contribution in [3.05, 3.63) is 0 Å². The molecule has 4 heavy (non-hydrogen) atoms. The summed E-state index contributed by atoms with van der Waals surface area (Å²) in [6.45, 7) is 0. The Kier molecular flexibility index (Phi) is 116. The van der Waals surface area contributed by atoms with Crippen LogP contribution in [-0.2, 0) is 29.6 Å². The third-order valence-corrected chi connectivity index (χ3v) is 0. The fourth-order valence-corrected chi connectivity index (χ4v) is 0. The van der Waals surface area contributed by atoms with Gasteiger partial charge in [-0.05, 0) is 0 Å². The van der Waals surface area contributed by atoms with Crippen LogP contribution >= 0.6 is 0 Å². The fraction of sp³-hybridized carbons (Fsp3) is 0. The van der Waals surface area contributed by atoms with Crippen molar-refractivity contribution in [3.8, 4) is 0 Å². The van der Waals surface area contributed by atoms with Crippen LogP contribution in [0.4, 0.5) is 0 Å². The zero-order chi connectivity index (χ0) is 2.00. The molecule has 0 heterocycles. The summed E-state index contributed by atoms with van der Waals surface area (Å²) in [4.78, 5) is 0. The summed E-state index contributed by atoms with van der Waals surface area (Å²) in [7, 11) is 0. The molecule has 0 aromatic carbocycles. The Morgan fingerprint density at radius 1 is 1.25 bits per heavy atom. The molecule has 1 nitrogen and oxygen atoms in total. The van der Waals surface area contributed by atoms with Gasteiger partial charge in [0.25, 0.3) is 0 Å². The summed E-state index contributed by atoms with van der Waals surface area (Å²) in [5.41, 5.74) is 0. The second-order valence-corrected chi connectivity index (χ2v) is 0. The van der Waals surface area contributed by atoms with E-state index in [1.54, 1.807) is 0 Å². The number of rotatable bonds is 0. The summed E-state index contributed by atoms with van der Waals surface area (Å²) < 4.78 is 7.83. The van der Waals surface area contributed by atoms with Crippen LogP contribution in [0.15, 0.2) is 0 Å². The van der Waals surface area contributed by atoms with Gasteiger partial charge in [-0.15, -0.1) is 0 Å². The van der Waals surface area contributed by atoms with Crippen LogP contribution in [0, 0.1) is 0 Å². The van der Waals surface area contributed by atoms with E-state index in [1.165, 1.54) is 0 Å². The monoisotopic (exact) mass is 323 g/mol. The molecular formula is H3BiCuOS. The molecular weight excluding hydrogens is 321 g/mol. The summed E-state index contributed by atoms with van der Waals surface area (Å²) in [6, 6.07) is 0. The molecule has 1 radical (unpaired) electrons. The number of hydrogen-bond acceptors (Lipinski definition) is 2. The van der Waals surface area contributed by atoms with Crippen molar-refractivity contribution in [2.45, 2.75) is 0 Å². The predicted octanol–water partition coefficient (Wildman–Crippen LogP) is -1.52. The van der Waals surface area contributed by atoms with Gasteiger partial charge >= 0.3 is 26.2 Å². The molecule has 0 aliphatic carbocycles. The zero-order valence-corrected chi connectivity index (χ0v) is 9.08. The molecule has 0 rings (SSSR count). The van der Waals surface area contributed by atoms with E-state index < -0.39 is 0 Å². The average Bonchev–Trinajstić information content (AvgIpc) is 1.00. The Labute approximate surface area is 59.7 Å². The third-order valence-electron chi connectivity index (χ3n) is 0. The Morgan fingerprint density at radius 2 is 1.25 bits per heavy atom. The van der Waals surface area contributed by atoms with E-state index in [0.717, 1.165) is 0 Å². The Morgan fingerprint density at radius 3 is 1.25 bits per heavy atom. The van der Waals surface area contributed by atoms with Gasteiger partial charge in [0.2, 0.25) is 0 Å². The molecule has 0 amide bonds. The summed E-state index contributed by atoms with van der Waals surface area (Å²) >= 11 is 2.83. The maximum absolute atomic E-state index is 7.83. The molecule has 0 atom stereocenters. The van der Waals surface area contributed by atoms with Gasteiger partial charge in [-0.1, -0.05) is 0 Å². The van der Waals surface area contributed by atoms with Crippen molar-refractivity contribution in [2.75, 3.05) is 0 Å². The molecule has 0 saturated heterocycles. The second-order valence-electron chi connectivity index (χ2n) is 0. The topological polar surface area (TPSA) is 17.1 Å². The van der Waals surface area contributed by atoms with Gasteiger partial charge < -0.3 is 0 Å². The van der Waals surface area contributed by atoms with Crippen LogP contribution in [0.1, 0.15) is 0 Å². The number of hydrogen-bond donors (Lipinski definition) is 0. The van der Waals surface area contributed by atoms with Crippen LogP contribution in [-0.4, -0.2) is 30.4 Å². The minimum atomic E-state index is 0.